The number of likely N-dealkylation sites (tertiary alicyclic amines) is 2. The minimum absolute atomic E-state index is 0.142. The maximum Gasteiger partial charge on any atom is 0.329 e. The minimum Gasteiger partial charge on any atom is -0.338 e. The molecule has 3 amide bonds. The number of imidazole rings is 1. The number of aromatic amines is 1. The lowest BCUT2D eigenvalue weighted by Crippen LogP contribution is -2.44. The number of piperidine rings is 3. The van der Waals surface area contributed by atoms with Crippen LogP contribution < -0.4 is 11.0 Å². The van der Waals surface area contributed by atoms with Crippen molar-refractivity contribution in [3.63, 3.8) is 0 Å². The second-order valence-electron chi connectivity index (χ2n) is 20.4. The average Bonchev–Trinajstić information content (AvgIpc) is 3.99. The van der Waals surface area contributed by atoms with Crippen molar-refractivity contribution in [1.29, 1.82) is 0 Å². The number of fused-ring (bicyclic) bond motifs is 3. The highest BCUT2D eigenvalue weighted by Gasteiger charge is 2.32. The van der Waals surface area contributed by atoms with E-state index in [9.17, 15) is 19.2 Å². The molecule has 3 unspecified atom stereocenters. The molecule has 3 aliphatic heterocycles. The van der Waals surface area contributed by atoms with Crippen LogP contribution in [0.15, 0.2) is 102 Å². The number of nitrogens with zero attached hydrogens (tertiary/aromatic N) is 7. The minimum atomic E-state index is -0.674. The van der Waals surface area contributed by atoms with Crippen molar-refractivity contribution in [3.8, 4) is 11.1 Å². The molecule has 0 spiro atoms. The highest BCUT2D eigenvalue weighted by Crippen LogP contribution is 2.36. The Morgan fingerprint density at radius 2 is 1.61 bits per heavy atom. The molecule has 356 valence electrons. The van der Waals surface area contributed by atoms with Crippen LogP contribution in [0.3, 0.4) is 0 Å². The first-order valence-electron chi connectivity index (χ1n) is 25.3. The monoisotopic (exact) mass is 926 g/mol. The summed E-state index contributed by atoms with van der Waals surface area (Å²) in [6, 6.07) is 24.8. The Hall–Kier alpha value is -6.60. The third-order valence-electron chi connectivity index (χ3n) is 16.2. The molecule has 4 fully saturated rings. The van der Waals surface area contributed by atoms with Gasteiger partial charge in [0.25, 0.3) is 5.91 Å². The standard InChI is InChI=1S/C56H63N9O4/c1-61-45(33-47-46(21-26-57-53(47)61)42-17-18-48-44(32-42)34-58-60-48)35-63-27-24-40(25-28-63)39-13-15-41(16-14-39)55(68)64-29-22-37(23-30-64)10-9-36-5-3-6-38(12-11-36)31-43-7-4-8-49-52(43)62(2)56(69)65(49)50-19-20-51(66)59-54(50)67/h4,7-8,10,13-18,21,26,32-34,36,38,40,50H,3,5-6,9,11-12,19-20,22-25,27-31,35H2,1-2H3,(H,58,60)(H,59,66,67). The number of aromatic nitrogens is 6. The van der Waals surface area contributed by atoms with Gasteiger partial charge in [-0.25, -0.2) is 9.78 Å². The summed E-state index contributed by atoms with van der Waals surface area (Å²) < 4.78 is 5.53. The number of allylic oxidation sites excluding steroid dienone is 1. The molecule has 3 atom stereocenters. The topological polar surface area (TPSA) is 143 Å². The van der Waals surface area contributed by atoms with E-state index in [1.807, 2.05) is 29.4 Å². The molecular weight excluding hydrogens is 863 g/mol. The van der Waals surface area contributed by atoms with Gasteiger partial charge < -0.3 is 9.47 Å². The highest BCUT2D eigenvalue weighted by atomic mass is 16.2. The third-order valence-corrected chi connectivity index (χ3v) is 16.2. The number of hydrogen-bond acceptors (Lipinski definition) is 7. The number of amides is 3. The quantitative estimate of drug-likeness (QED) is 0.0792. The maximum atomic E-state index is 13.7. The summed E-state index contributed by atoms with van der Waals surface area (Å²) in [5.41, 5.74) is 11.9. The van der Waals surface area contributed by atoms with E-state index in [4.69, 9.17) is 4.98 Å². The largest absolute Gasteiger partial charge is 0.338 e. The van der Waals surface area contributed by atoms with Crippen molar-refractivity contribution in [2.45, 2.75) is 102 Å². The summed E-state index contributed by atoms with van der Waals surface area (Å²) in [4.78, 5) is 61.1. The van der Waals surface area contributed by atoms with Gasteiger partial charge in [0, 0.05) is 68.4 Å². The number of carbonyl (C=O) groups excluding carboxylic acids is 3. The second kappa shape index (κ2) is 19.1. The molecule has 7 aromatic rings. The molecule has 4 aromatic heterocycles. The lowest BCUT2D eigenvalue weighted by Gasteiger charge is -2.32. The molecule has 0 bridgehead atoms. The predicted octanol–water partition coefficient (Wildman–Crippen LogP) is 9.12. The average molecular weight is 926 g/mol. The Labute approximate surface area is 402 Å². The maximum absolute atomic E-state index is 13.7. The van der Waals surface area contributed by atoms with Crippen molar-refractivity contribution in [2.75, 3.05) is 26.2 Å². The molecular formula is C56H63N9O4. The van der Waals surface area contributed by atoms with Crippen molar-refractivity contribution in [1.82, 2.24) is 44.0 Å². The van der Waals surface area contributed by atoms with Gasteiger partial charge in [-0.1, -0.05) is 61.2 Å². The number of benzene rings is 3. The summed E-state index contributed by atoms with van der Waals surface area (Å²) >= 11 is 0. The van der Waals surface area contributed by atoms with Gasteiger partial charge in [0.2, 0.25) is 11.8 Å². The zero-order chi connectivity index (χ0) is 47.2. The number of rotatable bonds is 10. The first-order valence-corrected chi connectivity index (χ1v) is 25.3. The number of aryl methyl sites for hydroxylation is 2. The lowest BCUT2D eigenvalue weighted by molar-refractivity contribution is -0.135. The van der Waals surface area contributed by atoms with Crippen molar-refractivity contribution >= 4 is 50.7 Å². The van der Waals surface area contributed by atoms with Crippen LogP contribution in [0.4, 0.5) is 0 Å². The summed E-state index contributed by atoms with van der Waals surface area (Å²) in [5, 5.41) is 11.9. The molecule has 13 nitrogen and oxygen atoms in total. The molecule has 3 saturated heterocycles. The van der Waals surface area contributed by atoms with Crippen molar-refractivity contribution in [3.05, 3.63) is 130 Å². The third kappa shape index (κ3) is 8.97. The summed E-state index contributed by atoms with van der Waals surface area (Å²) in [6.07, 6.45) is 18.9. The fourth-order valence-electron chi connectivity index (χ4n) is 12.2. The normalized spacial score (nSPS) is 21.0. The predicted molar refractivity (Wildman–Crippen MR) is 270 cm³/mol. The summed E-state index contributed by atoms with van der Waals surface area (Å²) in [6.45, 7) is 4.49. The van der Waals surface area contributed by atoms with Gasteiger partial charge in [-0.3, -0.25) is 38.8 Å². The number of imide groups is 1. The molecule has 1 aliphatic carbocycles. The van der Waals surface area contributed by atoms with E-state index in [0.29, 0.717) is 24.2 Å². The number of para-hydroxylation sites is 1. The van der Waals surface area contributed by atoms with Gasteiger partial charge >= 0.3 is 5.69 Å². The van der Waals surface area contributed by atoms with Crippen LogP contribution in [0, 0.1) is 11.8 Å². The van der Waals surface area contributed by atoms with Gasteiger partial charge in [-0.15, -0.1) is 0 Å². The Balaban J connectivity index is 0.640. The Kier molecular flexibility index (Phi) is 12.4. The molecule has 69 heavy (non-hydrogen) atoms. The van der Waals surface area contributed by atoms with Gasteiger partial charge in [-0.2, -0.15) is 5.10 Å². The van der Waals surface area contributed by atoms with Crippen LogP contribution in [0.25, 0.3) is 44.1 Å². The molecule has 2 N–H and O–H groups in total. The number of pyridine rings is 1. The van der Waals surface area contributed by atoms with Crippen LogP contribution in [0.1, 0.15) is 116 Å². The van der Waals surface area contributed by atoms with Gasteiger partial charge in [0.1, 0.15) is 11.7 Å². The van der Waals surface area contributed by atoms with E-state index in [1.54, 1.807) is 16.2 Å². The van der Waals surface area contributed by atoms with Crippen molar-refractivity contribution < 1.29 is 14.4 Å². The number of carbonyl (C=O) groups is 3. The van der Waals surface area contributed by atoms with Crippen LogP contribution in [-0.2, 0) is 36.6 Å². The van der Waals surface area contributed by atoms with Crippen LogP contribution in [0.5, 0.6) is 0 Å². The fraction of sp³-hybridized carbons (Fsp3) is 0.429. The zero-order valence-corrected chi connectivity index (χ0v) is 40.0. The Morgan fingerprint density at radius 3 is 2.42 bits per heavy atom. The molecule has 4 aliphatic rings. The van der Waals surface area contributed by atoms with Gasteiger partial charge in [0.05, 0.1) is 22.7 Å². The second-order valence-corrected chi connectivity index (χ2v) is 20.4. The number of nitrogens with one attached hydrogen (secondary N) is 2. The smallest absolute Gasteiger partial charge is 0.329 e. The van der Waals surface area contributed by atoms with E-state index in [-0.39, 0.29) is 23.9 Å². The lowest BCUT2D eigenvalue weighted by atomic mass is 9.88. The van der Waals surface area contributed by atoms with E-state index >= 15 is 0 Å². The van der Waals surface area contributed by atoms with E-state index in [2.05, 4.69) is 98.8 Å². The summed E-state index contributed by atoms with van der Waals surface area (Å²) in [7, 11) is 3.92. The molecule has 11 rings (SSSR count). The highest BCUT2D eigenvalue weighted by molar-refractivity contribution is 6.00. The van der Waals surface area contributed by atoms with Gasteiger partial charge in [-0.05, 0) is 153 Å². The van der Waals surface area contributed by atoms with Crippen LogP contribution >= 0.6 is 0 Å². The molecule has 0 radical (unpaired) electrons. The van der Waals surface area contributed by atoms with Gasteiger partial charge in [0.15, 0.2) is 0 Å². The molecule has 13 heteroatoms. The van der Waals surface area contributed by atoms with Crippen LogP contribution in [0.2, 0.25) is 0 Å². The Morgan fingerprint density at radius 1 is 0.812 bits per heavy atom. The zero-order valence-electron chi connectivity index (χ0n) is 40.0. The number of hydrogen-bond donors (Lipinski definition) is 2. The van der Waals surface area contributed by atoms with E-state index in [1.165, 1.54) is 59.0 Å². The molecule has 1 saturated carbocycles. The molecule has 7 heterocycles. The SMILES string of the molecule is Cn1c(CN2CCC(c3ccc(C(=O)N4CCC(=CCC5CCCC(Cc6cccc7c6n(C)c(=O)n7C6CCC(=O)NC6=O)CC5)CC4)cc3)CC2)cc2c(-c3ccc4[nH]ncc4c3)ccnc21. The number of H-pyrrole nitrogens is 1. The summed E-state index contributed by atoms with van der Waals surface area (Å²) in [5.74, 6) is 1.15. The first kappa shape index (κ1) is 44.9. The fourth-order valence-corrected chi connectivity index (χ4v) is 12.2. The van der Waals surface area contributed by atoms with Crippen LogP contribution in [-0.4, -0.2) is 82.6 Å². The Bertz CT molecular complexity index is 3150. The molecule has 3 aromatic carbocycles. The van der Waals surface area contributed by atoms with Crippen molar-refractivity contribution in [2.24, 2.45) is 25.9 Å². The van der Waals surface area contributed by atoms with E-state index in [0.717, 1.165) is 116 Å². The first-order chi connectivity index (χ1) is 33.6. The van der Waals surface area contributed by atoms with E-state index < -0.39 is 11.9 Å².